The van der Waals surface area contributed by atoms with Crippen LogP contribution in [0.5, 0.6) is 0 Å². The van der Waals surface area contributed by atoms with Gasteiger partial charge in [0.15, 0.2) is 5.70 Å². The van der Waals surface area contributed by atoms with Gasteiger partial charge >= 0.3 is 12.1 Å². The number of hydrogen-bond acceptors (Lipinski definition) is 3. The Hall–Kier alpha value is -2.60. The number of nitrogens with zero attached hydrogens (tertiary/aromatic N) is 1. The van der Waals surface area contributed by atoms with Crippen molar-refractivity contribution in [3.8, 4) is 0 Å². The van der Waals surface area contributed by atoms with E-state index in [1.54, 1.807) is 18.2 Å². The fourth-order valence-corrected chi connectivity index (χ4v) is 2.47. The molecule has 0 aliphatic carbocycles. The second-order valence-corrected chi connectivity index (χ2v) is 5.79. The van der Waals surface area contributed by atoms with Gasteiger partial charge in [-0.25, -0.2) is 9.79 Å². The van der Waals surface area contributed by atoms with Crippen LogP contribution in [-0.2, 0) is 15.7 Å². The minimum atomic E-state index is -4.53. The first kappa shape index (κ1) is 17.2. The number of esters is 1. The van der Waals surface area contributed by atoms with E-state index >= 15 is 0 Å². The van der Waals surface area contributed by atoms with Crippen LogP contribution in [0.4, 0.5) is 13.2 Å². The maximum Gasteiger partial charge on any atom is 0.416 e. The Morgan fingerprint density at radius 2 is 1.88 bits per heavy atom. The van der Waals surface area contributed by atoms with Gasteiger partial charge in [0.25, 0.3) is 0 Å². The molecule has 1 aliphatic heterocycles. The van der Waals surface area contributed by atoms with E-state index < -0.39 is 17.7 Å². The highest BCUT2D eigenvalue weighted by atomic mass is 35.5. The van der Waals surface area contributed by atoms with Gasteiger partial charge in [-0.1, -0.05) is 35.9 Å². The Labute approximate surface area is 146 Å². The number of aliphatic imine (C=N–C) groups is 1. The summed E-state index contributed by atoms with van der Waals surface area (Å²) in [4.78, 5) is 16.0. The minimum absolute atomic E-state index is 0.00244. The quantitative estimate of drug-likeness (QED) is 0.554. The maximum absolute atomic E-state index is 13.0. The average Bonchev–Trinajstić information content (AvgIpc) is 2.90. The molecule has 0 unspecified atom stereocenters. The van der Waals surface area contributed by atoms with Crippen LogP contribution in [0, 0.1) is 6.92 Å². The van der Waals surface area contributed by atoms with Gasteiger partial charge in [0, 0.05) is 10.6 Å². The first-order chi connectivity index (χ1) is 11.8. The number of carbonyl (C=O) groups is 1. The van der Waals surface area contributed by atoms with Gasteiger partial charge in [-0.3, -0.25) is 0 Å². The summed E-state index contributed by atoms with van der Waals surface area (Å²) in [5.41, 5.74) is 0.0938. The van der Waals surface area contributed by atoms with Crippen LogP contribution in [-0.4, -0.2) is 11.9 Å². The fraction of sp³-hybridized carbons (Fsp3) is 0.111. The van der Waals surface area contributed by atoms with Crippen LogP contribution in [0.25, 0.3) is 6.08 Å². The maximum atomic E-state index is 13.0. The largest absolute Gasteiger partial charge is 0.416 e. The van der Waals surface area contributed by atoms with Gasteiger partial charge in [0.2, 0.25) is 5.90 Å². The molecule has 1 aliphatic rings. The van der Waals surface area contributed by atoms with Gasteiger partial charge in [0.1, 0.15) is 0 Å². The summed E-state index contributed by atoms with van der Waals surface area (Å²) < 4.78 is 44.2. The summed E-state index contributed by atoms with van der Waals surface area (Å²) in [6, 6.07) is 9.91. The number of carbonyl (C=O) groups excluding carboxylic acids is 1. The molecule has 0 spiro atoms. The molecule has 25 heavy (non-hydrogen) atoms. The molecule has 3 rings (SSSR count). The van der Waals surface area contributed by atoms with E-state index in [0.29, 0.717) is 10.6 Å². The van der Waals surface area contributed by atoms with Gasteiger partial charge < -0.3 is 4.74 Å². The summed E-state index contributed by atoms with van der Waals surface area (Å²) in [6.45, 7) is 1.81. The molecule has 0 bridgehead atoms. The van der Waals surface area contributed by atoms with Gasteiger partial charge in [0.05, 0.1) is 5.56 Å². The van der Waals surface area contributed by atoms with E-state index in [-0.39, 0.29) is 17.2 Å². The third-order valence-corrected chi connectivity index (χ3v) is 4.00. The van der Waals surface area contributed by atoms with Crippen molar-refractivity contribution >= 4 is 29.5 Å². The number of rotatable bonds is 2. The van der Waals surface area contributed by atoms with Crippen LogP contribution in [0.15, 0.2) is 53.2 Å². The predicted molar refractivity (Wildman–Crippen MR) is 88.2 cm³/mol. The predicted octanol–water partition coefficient (Wildman–Crippen LogP) is 5.01. The summed E-state index contributed by atoms with van der Waals surface area (Å²) in [6.07, 6.45) is -3.47. The Balaban J connectivity index is 2.01. The zero-order chi connectivity index (χ0) is 18.2. The lowest BCUT2D eigenvalue weighted by molar-refractivity contribution is -0.137. The molecule has 0 amide bonds. The molecule has 128 valence electrons. The zero-order valence-corrected chi connectivity index (χ0v) is 13.7. The second-order valence-electron chi connectivity index (χ2n) is 5.39. The molecule has 1 heterocycles. The molecule has 0 saturated carbocycles. The van der Waals surface area contributed by atoms with Crippen molar-refractivity contribution in [1.82, 2.24) is 0 Å². The second kappa shape index (κ2) is 6.37. The topological polar surface area (TPSA) is 38.7 Å². The van der Waals surface area contributed by atoms with E-state index in [2.05, 4.69) is 4.99 Å². The molecular formula is C18H11ClF3NO2. The SMILES string of the molecule is Cc1ccc(C2=N/C(=C\c3ccccc3C(F)(F)F)C(=O)O2)cc1Cl. The third kappa shape index (κ3) is 3.58. The number of cyclic esters (lactones) is 1. The monoisotopic (exact) mass is 365 g/mol. The highest BCUT2D eigenvalue weighted by Crippen LogP contribution is 2.33. The number of ether oxygens (including phenoxy) is 1. The summed E-state index contributed by atoms with van der Waals surface area (Å²) in [5.74, 6) is -0.814. The molecule has 0 fully saturated rings. The molecular weight excluding hydrogens is 355 g/mol. The highest BCUT2D eigenvalue weighted by molar-refractivity contribution is 6.31. The van der Waals surface area contributed by atoms with Crippen molar-refractivity contribution in [3.05, 3.63) is 75.4 Å². The molecule has 0 N–H and O–H groups in total. The molecule has 7 heteroatoms. The molecule has 0 radical (unpaired) electrons. The number of halogens is 4. The van der Waals surface area contributed by atoms with Crippen molar-refractivity contribution in [1.29, 1.82) is 0 Å². The summed E-state index contributed by atoms with van der Waals surface area (Å²) in [5, 5.41) is 0.469. The third-order valence-electron chi connectivity index (χ3n) is 3.60. The molecule has 0 atom stereocenters. The van der Waals surface area contributed by atoms with Crippen LogP contribution in [0.3, 0.4) is 0 Å². The van der Waals surface area contributed by atoms with Crippen LogP contribution in [0.1, 0.15) is 22.3 Å². The smallest absolute Gasteiger partial charge is 0.402 e. The lowest BCUT2D eigenvalue weighted by atomic mass is 10.1. The average molecular weight is 366 g/mol. The lowest BCUT2D eigenvalue weighted by Crippen LogP contribution is -2.08. The number of aryl methyl sites for hydroxylation is 1. The molecule has 2 aromatic rings. The number of hydrogen-bond donors (Lipinski definition) is 0. The molecule has 0 aromatic heterocycles. The molecule has 0 saturated heterocycles. The first-order valence-electron chi connectivity index (χ1n) is 7.21. The normalized spacial score (nSPS) is 16.1. The van der Waals surface area contributed by atoms with E-state index in [0.717, 1.165) is 17.7 Å². The van der Waals surface area contributed by atoms with Crippen LogP contribution in [0.2, 0.25) is 5.02 Å². The lowest BCUT2D eigenvalue weighted by Gasteiger charge is -2.09. The van der Waals surface area contributed by atoms with E-state index in [4.69, 9.17) is 16.3 Å². The van der Waals surface area contributed by atoms with E-state index in [9.17, 15) is 18.0 Å². The summed E-state index contributed by atoms with van der Waals surface area (Å²) >= 11 is 6.03. The van der Waals surface area contributed by atoms with Crippen molar-refractivity contribution in [2.24, 2.45) is 4.99 Å². The van der Waals surface area contributed by atoms with Crippen LogP contribution < -0.4 is 0 Å². The van der Waals surface area contributed by atoms with E-state index in [1.807, 2.05) is 6.92 Å². The number of alkyl halides is 3. The van der Waals surface area contributed by atoms with E-state index in [1.165, 1.54) is 18.2 Å². The summed E-state index contributed by atoms with van der Waals surface area (Å²) in [7, 11) is 0. The Morgan fingerprint density at radius 3 is 2.56 bits per heavy atom. The standard InChI is InChI=1S/C18H11ClF3NO2/c1-10-6-7-12(8-14(10)19)16-23-15(17(24)25-16)9-11-4-2-3-5-13(11)18(20,21)22/h2-9H,1H3/b15-9-. The van der Waals surface area contributed by atoms with Crippen molar-refractivity contribution in [2.75, 3.05) is 0 Å². The van der Waals surface area contributed by atoms with Gasteiger partial charge in [-0.2, -0.15) is 13.2 Å². The first-order valence-corrected chi connectivity index (χ1v) is 7.59. The molecule has 3 nitrogen and oxygen atoms in total. The number of benzene rings is 2. The van der Waals surface area contributed by atoms with Gasteiger partial charge in [-0.15, -0.1) is 0 Å². The van der Waals surface area contributed by atoms with Gasteiger partial charge in [-0.05, 0) is 42.3 Å². The zero-order valence-electron chi connectivity index (χ0n) is 12.9. The fourth-order valence-electron chi connectivity index (χ4n) is 2.29. The van der Waals surface area contributed by atoms with Crippen LogP contribution >= 0.6 is 11.6 Å². The van der Waals surface area contributed by atoms with Crippen molar-refractivity contribution in [3.63, 3.8) is 0 Å². The Kier molecular flexibility index (Phi) is 4.39. The van der Waals surface area contributed by atoms with Crippen molar-refractivity contribution in [2.45, 2.75) is 13.1 Å². The Morgan fingerprint density at radius 1 is 1.16 bits per heavy atom. The molecule has 2 aromatic carbocycles. The highest BCUT2D eigenvalue weighted by Gasteiger charge is 2.33. The minimum Gasteiger partial charge on any atom is -0.402 e. The van der Waals surface area contributed by atoms with Crippen molar-refractivity contribution < 1.29 is 22.7 Å². The Bertz CT molecular complexity index is 917.